The first-order chi connectivity index (χ1) is 9.74. The van der Waals surface area contributed by atoms with Crippen molar-refractivity contribution in [2.45, 2.75) is 20.1 Å². The summed E-state index contributed by atoms with van der Waals surface area (Å²) in [6.45, 7) is 4.20. The van der Waals surface area contributed by atoms with Crippen molar-refractivity contribution in [3.63, 3.8) is 0 Å². The van der Waals surface area contributed by atoms with E-state index in [1.165, 1.54) is 0 Å². The summed E-state index contributed by atoms with van der Waals surface area (Å²) in [4.78, 5) is 4.25. The molecule has 1 N–H and O–H groups in total. The minimum Gasteiger partial charge on any atom is -0.497 e. The van der Waals surface area contributed by atoms with Crippen molar-refractivity contribution in [1.82, 2.24) is 14.9 Å². The first-order valence-electron chi connectivity index (χ1n) is 6.71. The molecule has 20 heavy (non-hydrogen) atoms. The highest BCUT2D eigenvalue weighted by atomic mass is 16.5. The van der Waals surface area contributed by atoms with Crippen LogP contribution in [0.15, 0.2) is 30.6 Å². The second kappa shape index (κ2) is 6.96. The van der Waals surface area contributed by atoms with Gasteiger partial charge in [0.15, 0.2) is 0 Å². The van der Waals surface area contributed by atoms with E-state index in [1.54, 1.807) is 13.3 Å². The summed E-state index contributed by atoms with van der Waals surface area (Å²) in [7, 11) is 3.63. The van der Waals surface area contributed by atoms with Crippen molar-refractivity contribution in [2.75, 3.05) is 13.7 Å². The Labute approximate surface area is 119 Å². The number of hydrogen-bond donors (Lipinski definition) is 1. The summed E-state index contributed by atoms with van der Waals surface area (Å²) in [5.41, 5.74) is 1.08. The lowest BCUT2D eigenvalue weighted by Crippen LogP contribution is -2.13. The highest BCUT2D eigenvalue weighted by Gasteiger charge is 2.07. The zero-order chi connectivity index (χ0) is 14.4. The summed E-state index contributed by atoms with van der Waals surface area (Å²) in [6.07, 6.45) is 3.68. The Morgan fingerprint density at radius 2 is 2.20 bits per heavy atom. The molecule has 0 atom stereocenters. The second-order valence-electron chi connectivity index (χ2n) is 4.50. The molecule has 0 saturated heterocycles. The van der Waals surface area contributed by atoms with Gasteiger partial charge in [0.1, 0.15) is 23.9 Å². The molecule has 0 saturated carbocycles. The molecule has 0 radical (unpaired) electrons. The van der Waals surface area contributed by atoms with E-state index in [1.807, 2.05) is 36.0 Å². The number of rotatable bonds is 7. The molecule has 0 bridgehead atoms. The predicted molar refractivity (Wildman–Crippen MR) is 77.9 cm³/mol. The van der Waals surface area contributed by atoms with Crippen LogP contribution in [0, 0.1) is 0 Å². The quantitative estimate of drug-likeness (QED) is 0.841. The predicted octanol–water partition coefficient (Wildman–Crippen LogP) is 2.12. The van der Waals surface area contributed by atoms with Crippen LogP contribution in [0.3, 0.4) is 0 Å². The van der Waals surface area contributed by atoms with Gasteiger partial charge in [-0.2, -0.15) is 0 Å². The Kier molecular flexibility index (Phi) is 5.01. The van der Waals surface area contributed by atoms with Crippen LogP contribution in [0.2, 0.25) is 0 Å². The highest BCUT2D eigenvalue weighted by molar-refractivity contribution is 5.40. The van der Waals surface area contributed by atoms with E-state index >= 15 is 0 Å². The number of aromatic nitrogens is 2. The smallest absolute Gasteiger partial charge is 0.146 e. The van der Waals surface area contributed by atoms with Crippen molar-refractivity contribution in [1.29, 1.82) is 0 Å². The molecule has 0 spiro atoms. The largest absolute Gasteiger partial charge is 0.497 e. The van der Waals surface area contributed by atoms with E-state index in [2.05, 4.69) is 17.2 Å². The first kappa shape index (κ1) is 14.4. The van der Waals surface area contributed by atoms with E-state index < -0.39 is 0 Å². The fourth-order valence-electron chi connectivity index (χ4n) is 1.90. The maximum Gasteiger partial charge on any atom is 0.146 e. The van der Waals surface area contributed by atoms with Gasteiger partial charge >= 0.3 is 0 Å². The molecule has 108 valence electrons. The van der Waals surface area contributed by atoms with Crippen LogP contribution in [0.5, 0.6) is 11.5 Å². The van der Waals surface area contributed by atoms with E-state index in [0.717, 1.165) is 36.0 Å². The van der Waals surface area contributed by atoms with Crippen molar-refractivity contribution >= 4 is 0 Å². The number of nitrogens with one attached hydrogen (secondary N) is 1. The maximum absolute atomic E-state index is 5.88. The van der Waals surface area contributed by atoms with E-state index in [0.29, 0.717) is 6.61 Å². The number of nitrogens with zero attached hydrogens (tertiary/aromatic N) is 2. The molecule has 0 fully saturated rings. The summed E-state index contributed by atoms with van der Waals surface area (Å²) >= 11 is 0. The molecule has 1 heterocycles. The molecular weight excluding hydrogens is 254 g/mol. The average molecular weight is 275 g/mol. The van der Waals surface area contributed by atoms with Gasteiger partial charge in [0.25, 0.3) is 0 Å². The number of benzene rings is 1. The first-order valence-corrected chi connectivity index (χ1v) is 6.71. The van der Waals surface area contributed by atoms with Gasteiger partial charge in [0, 0.05) is 31.5 Å². The fourth-order valence-corrected chi connectivity index (χ4v) is 1.90. The van der Waals surface area contributed by atoms with Crippen LogP contribution in [0.4, 0.5) is 0 Å². The number of imidazole rings is 1. The van der Waals surface area contributed by atoms with Gasteiger partial charge in [-0.05, 0) is 24.7 Å². The lowest BCUT2D eigenvalue weighted by atomic mass is 10.2. The van der Waals surface area contributed by atoms with Crippen molar-refractivity contribution < 1.29 is 9.47 Å². The van der Waals surface area contributed by atoms with Gasteiger partial charge in [0.05, 0.1) is 7.11 Å². The average Bonchev–Trinajstić information content (AvgIpc) is 2.88. The molecule has 0 aliphatic rings. The maximum atomic E-state index is 5.88. The topological polar surface area (TPSA) is 48.3 Å². The lowest BCUT2D eigenvalue weighted by Gasteiger charge is -2.13. The molecule has 0 aliphatic carbocycles. The molecule has 2 rings (SSSR count). The molecule has 2 aromatic rings. The van der Waals surface area contributed by atoms with Crippen LogP contribution in [0.25, 0.3) is 0 Å². The number of hydrogen-bond acceptors (Lipinski definition) is 4. The third kappa shape index (κ3) is 3.51. The molecule has 0 aliphatic heterocycles. The zero-order valence-corrected chi connectivity index (χ0v) is 12.2. The second-order valence-corrected chi connectivity index (χ2v) is 4.50. The van der Waals surface area contributed by atoms with Gasteiger partial charge < -0.3 is 19.4 Å². The molecular formula is C15H21N3O2. The number of ether oxygens (including phenoxy) is 2. The van der Waals surface area contributed by atoms with Crippen molar-refractivity contribution in [3.05, 3.63) is 42.0 Å². The van der Waals surface area contributed by atoms with Crippen LogP contribution in [0.1, 0.15) is 18.3 Å². The third-order valence-electron chi connectivity index (χ3n) is 3.11. The Bertz CT molecular complexity index is 552. The van der Waals surface area contributed by atoms with Gasteiger partial charge in [0.2, 0.25) is 0 Å². The number of aryl methyl sites for hydroxylation is 1. The van der Waals surface area contributed by atoms with Crippen LogP contribution in [-0.4, -0.2) is 23.2 Å². The van der Waals surface area contributed by atoms with Crippen LogP contribution < -0.4 is 14.8 Å². The Morgan fingerprint density at radius 3 is 2.85 bits per heavy atom. The SMILES string of the molecule is CCNCc1cc(OC)ccc1OCc1nccn1C. The number of methoxy groups -OCH3 is 1. The monoisotopic (exact) mass is 275 g/mol. The summed E-state index contributed by atoms with van der Waals surface area (Å²) in [5.74, 6) is 2.59. The van der Waals surface area contributed by atoms with Gasteiger partial charge in [-0.25, -0.2) is 4.98 Å². The zero-order valence-electron chi connectivity index (χ0n) is 12.2. The standard InChI is InChI=1S/C15H21N3O2/c1-4-16-10-12-9-13(19-3)5-6-14(12)20-11-15-17-7-8-18(15)2/h5-9,16H,4,10-11H2,1-3H3. The Morgan fingerprint density at radius 1 is 1.35 bits per heavy atom. The minimum atomic E-state index is 0.453. The molecule has 0 unspecified atom stereocenters. The molecule has 0 amide bonds. The molecule has 1 aromatic heterocycles. The van der Waals surface area contributed by atoms with E-state index in [4.69, 9.17) is 9.47 Å². The molecule has 5 nitrogen and oxygen atoms in total. The summed E-state index contributed by atoms with van der Waals surface area (Å²) < 4.78 is 13.1. The lowest BCUT2D eigenvalue weighted by molar-refractivity contribution is 0.287. The third-order valence-corrected chi connectivity index (χ3v) is 3.11. The van der Waals surface area contributed by atoms with Crippen molar-refractivity contribution in [2.24, 2.45) is 7.05 Å². The molecule has 5 heteroatoms. The Balaban J connectivity index is 2.11. The summed E-state index contributed by atoms with van der Waals surface area (Å²) in [6, 6.07) is 5.84. The van der Waals surface area contributed by atoms with Crippen LogP contribution in [-0.2, 0) is 20.2 Å². The van der Waals surface area contributed by atoms with Crippen molar-refractivity contribution in [3.8, 4) is 11.5 Å². The van der Waals surface area contributed by atoms with Crippen LogP contribution >= 0.6 is 0 Å². The highest BCUT2D eigenvalue weighted by Crippen LogP contribution is 2.24. The molecule has 1 aromatic carbocycles. The Hall–Kier alpha value is -2.01. The van der Waals surface area contributed by atoms with Gasteiger partial charge in [-0.15, -0.1) is 0 Å². The summed E-state index contributed by atoms with van der Waals surface area (Å²) in [5, 5.41) is 3.30. The fraction of sp³-hybridized carbons (Fsp3) is 0.400. The van der Waals surface area contributed by atoms with Gasteiger partial charge in [-0.3, -0.25) is 0 Å². The minimum absolute atomic E-state index is 0.453. The van der Waals surface area contributed by atoms with E-state index in [-0.39, 0.29) is 0 Å². The van der Waals surface area contributed by atoms with E-state index in [9.17, 15) is 0 Å². The normalized spacial score (nSPS) is 10.6. The van der Waals surface area contributed by atoms with Gasteiger partial charge in [-0.1, -0.05) is 6.92 Å².